The molecule has 166 valence electrons. The van der Waals surface area contributed by atoms with Crippen molar-refractivity contribution in [2.45, 2.75) is 54.4 Å². The first-order valence-electron chi connectivity index (χ1n) is 12.1. The van der Waals surface area contributed by atoms with E-state index in [1.165, 1.54) is 72.5 Å². The third-order valence-corrected chi connectivity index (χ3v) is 7.69. The molecule has 0 aliphatic heterocycles. The Morgan fingerprint density at radius 1 is 0.567 bits per heavy atom. The molecule has 4 nitrogen and oxygen atoms in total. The van der Waals surface area contributed by atoms with E-state index in [0.29, 0.717) is 0 Å². The molecule has 0 spiro atoms. The van der Waals surface area contributed by atoms with Gasteiger partial charge in [-0.2, -0.15) is 0 Å². The number of nitrogens with zero attached hydrogens (tertiary/aromatic N) is 4. The Hall–Kier alpha value is -1.78. The molecule has 0 aromatic carbocycles. The molecule has 0 aliphatic rings. The lowest BCUT2D eigenvalue weighted by atomic mass is 10.1. The lowest BCUT2D eigenvalue weighted by Gasteiger charge is -2.36. The monoisotopic (exact) mass is 412 g/mol. The van der Waals surface area contributed by atoms with Gasteiger partial charge in [0.1, 0.15) is 0 Å². The predicted molar refractivity (Wildman–Crippen MR) is 128 cm³/mol. The molecule has 0 unspecified atom stereocenters. The number of quaternary nitrogens is 2. The molecule has 0 amide bonds. The molecule has 2 aromatic rings. The number of likely N-dealkylation sites (N-methyl/N-ethyl adjacent to an activating group) is 2. The highest BCUT2D eigenvalue weighted by Gasteiger charge is 2.21. The quantitative estimate of drug-likeness (QED) is 0.434. The molecule has 0 bridgehead atoms. The summed E-state index contributed by atoms with van der Waals surface area (Å²) in [6, 6.07) is 8.82. The topological polar surface area (TPSA) is 25.8 Å². The highest BCUT2D eigenvalue weighted by molar-refractivity contribution is 5.55. The molecule has 0 aliphatic carbocycles. The molecule has 0 atom stereocenters. The van der Waals surface area contributed by atoms with Crippen molar-refractivity contribution in [3.05, 3.63) is 47.8 Å². The van der Waals surface area contributed by atoms with Crippen LogP contribution < -0.4 is 0 Å². The van der Waals surface area contributed by atoms with Crippen LogP contribution in [0.15, 0.2) is 36.7 Å². The number of rotatable bonds is 13. The first-order chi connectivity index (χ1) is 14.5. The van der Waals surface area contributed by atoms with Crippen LogP contribution in [0.5, 0.6) is 0 Å². The van der Waals surface area contributed by atoms with E-state index >= 15 is 0 Å². The Bertz CT molecular complexity index is 681. The fourth-order valence-corrected chi connectivity index (χ4v) is 4.56. The lowest BCUT2D eigenvalue weighted by molar-refractivity contribution is -0.923. The maximum atomic E-state index is 4.64. The standard InChI is InChI=1S/C26H44N4/c1-7-29(8-2,9-3)19-15-23-13-17-27-25(21-23)26-22-24(14-18-28-26)16-20-30(10-4,11-5)12-6/h13-14,17-18,21-22H,7-12,15-16,19-20H2,1-6H3/q+2. The Kier molecular flexibility index (Phi) is 9.44. The number of hydrogen-bond acceptors (Lipinski definition) is 2. The summed E-state index contributed by atoms with van der Waals surface area (Å²) in [5, 5.41) is 0. The molecule has 2 rings (SSSR count). The van der Waals surface area contributed by atoms with Crippen molar-refractivity contribution in [1.29, 1.82) is 0 Å². The summed E-state index contributed by atoms with van der Waals surface area (Å²) in [6.45, 7) is 23.4. The summed E-state index contributed by atoms with van der Waals surface area (Å²) < 4.78 is 2.36. The second kappa shape index (κ2) is 11.6. The summed E-state index contributed by atoms with van der Waals surface area (Å²) in [7, 11) is 0. The van der Waals surface area contributed by atoms with Gasteiger partial charge in [0.15, 0.2) is 0 Å². The second-order valence-corrected chi connectivity index (χ2v) is 8.63. The van der Waals surface area contributed by atoms with Crippen LogP contribution in [0.3, 0.4) is 0 Å². The highest BCUT2D eigenvalue weighted by atomic mass is 15.3. The summed E-state index contributed by atoms with van der Waals surface area (Å²) >= 11 is 0. The average Bonchev–Trinajstić information content (AvgIpc) is 2.82. The molecule has 4 heteroatoms. The van der Waals surface area contributed by atoms with Crippen LogP contribution in [0, 0.1) is 0 Å². The molecule has 0 radical (unpaired) electrons. The van der Waals surface area contributed by atoms with Crippen LogP contribution in [-0.2, 0) is 12.8 Å². The first kappa shape index (κ1) is 24.5. The van der Waals surface area contributed by atoms with Gasteiger partial charge in [0.25, 0.3) is 0 Å². The number of aromatic nitrogens is 2. The summed E-state index contributed by atoms with van der Waals surface area (Å²) in [6.07, 6.45) is 6.08. The zero-order valence-electron chi connectivity index (χ0n) is 20.3. The third kappa shape index (κ3) is 6.12. The minimum atomic E-state index is 0.999. The molecule has 0 saturated carbocycles. The van der Waals surface area contributed by atoms with E-state index in [1.54, 1.807) is 0 Å². The molecule has 30 heavy (non-hydrogen) atoms. The van der Waals surface area contributed by atoms with E-state index in [1.807, 2.05) is 12.4 Å². The van der Waals surface area contributed by atoms with Gasteiger partial charge in [-0.05, 0) is 76.9 Å². The number of hydrogen-bond donors (Lipinski definition) is 0. The summed E-state index contributed by atoms with van der Waals surface area (Å²) in [5.74, 6) is 0. The van der Waals surface area contributed by atoms with E-state index in [-0.39, 0.29) is 0 Å². The molecule has 0 N–H and O–H groups in total. The first-order valence-corrected chi connectivity index (χ1v) is 12.1. The van der Waals surface area contributed by atoms with Gasteiger partial charge < -0.3 is 8.97 Å². The molecule has 2 aromatic heterocycles. The third-order valence-electron chi connectivity index (χ3n) is 7.69. The molecule has 2 heterocycles. The van der Waals surface area contributed by atoms with Crippen molar-refractivity contribution in [2.24, 2.45) is 0 Å². The summed E-state index contributed by atoms with van der Waals surface area (Å²) in [5.41, 5.74) is 4.73. The van der Waals surface area contributed by atoms with Crippen LogP contribution in [0.4, 0.5) is 0 Å². The zero-order valence-corrected chi connectivity index (χ0v) is 20.3. The van der Waals surface area contributed by atoms with Crippen LogP contribution >= 0.6 is 0 Å². The van der Waals surface area contributed by atoms with Crippen molar-refractivity contribution in [2.75, 3.05) is 52.4 Å². The van der Waals surface area contributed by atoms with Crippen LogP contribution in [0.1, 0.15) is 52.7 Å². The second-order valence-electron chi connectivity index (χ2n) is 8.63. The van der Waals surface area contributed by atoms with Gasteiger partial charge in [-0.25, -0.2) is 0 Å². The van der Waals surface area contributed by atoms with Gasteiger partial charge in [0, 0.05) is 25.2 Å². The highest BCUT2D eigenvalue weighted by Crippen LogP contribution is 2.19. The van der Waals surface area contributed by atoms with Crippen molar-refractivity contribution in [3.8, 4) is 11.4 Å². The maximum Gasteiger partial charge on any atom is 0.0888 e. The maximum absolute atomic E-state index is 4.64. The van der Waals surface area contributed by atoms with Gasteiger partial charge in [0.05, 0.1) is 63.7 Å². The van der Waals surface area contributed by atoms with Gasteiger partial charge in [0.2, 0.25) is 0 Å². The fourth-order valence-electron chi connectivity index (χ4n) is 4.56. The average molecular weight is 413 g/mol. The molecular weight excluding hydrogens is 368 g/mol. The van der Waals surface area contributed by atoms with Crippen molar-refractivity contribution in [3.63, 3.8) is 0 Å². The lowest BCUT2D eigenvalue weighted by Crippen LogP contribution is -2.48. The van der Waals surface area contributed by atoms with E-state index in [2.05, 4.69) is 75.8 Å². The van der Waals surface area contributed by atoms with E-state index in [0.717, 1.165) is 24.2 Å². The van der Waals surface area contributed by atoms with Crippen LogP contribution in [0.25, 0.3) is 11.4 Å². The van der Waals surface area contributed by atoms with Gasteiger partial charge in [-0.3, -0.25) is 9.97 Å². The van der Waals surface area contributed by atoms with Crippen molar-refractivity contribution < 1.29 is 8.97 Å². The summed E-state index contributed by atoms with van der Waals surface area (Å²) in [4.78, 5) is 9.28. The van der Waals surface area contributed by atoms with Gasteiger partial charge in [-0.15, -0.1) is 0 Å². The predicted octanol–water partition coefficient (Wildman–Crippen LogP) is 4.98. The van der Waals surface area contributed by atoms with Gasteiger partial charge in [-0.1, -0.05) is 0 Å². The van der Waals surface area contributed by atoms with E-state index < -0.39 is 0 Å². The van der Waals surface area contributed by atoms with Gasteiger partial charge >= 0.3 is 0 Å². The Labute approximate surface area is 185 Å². The van der Waals surface area contributed by atoms with Crippen LogP contribution in [0.2, 0.25) is 0 Å². The molecular formula is C26H44N4+2. The zero-order chi connectivity index (χ0) is 22.0. The Morgan fingerprint density at radius 2 is 0.900 bits per heavy atom. The largest absolute Gasteiger partial charge is 0.324 e. The smallest absolute Gasteiger partial charge is 0.0888 e. The van der Waals surface area contributed by atoms with E-state index in [4.69, 9.17) is 0 Å². The van der Waals surface area contributed by atoms with Crippen molar-refractivity contribution >= 4 is 0 Å². The fraction of sp³-hybridized carbons (Fsp3) is 0.615. The Balaban J connectivity index is 2.13. The van der Waals surface area contributed by atoms with Crippen LogP contribution in [-0.4, -0.2) is 71.3 Å². The minimum Gasteiger partial charge on any atom is -0.324 e. The minimum absolute atomic E-state index is 0.999. The van der Waals surface area contributed by atoms with E-state index in [9.17, 15) is 0 Å². The Morgan fingerprint density at radius 3 is 1.20 bits per heavy atom. The normalized spacial score (nSPS) is 12.3. The SMILES string of the molecule is CC[N+](CC)(CC)CCc1ccnc(-c2cc(CC[N+](CC)(CC)CC)ccn2)c1. The molecule has 0 saturated heterocycles. The molecule has 0 fully saturated rings. The number of pyridine rings is 2. The van der Waals surface area contributed by atoms with Crippen molar-refractivity contribution in [1.82, 2.24) is 9.97 Å².